The molecule has 0 amide bonds. The van der Waals surface area contributed by atoms with Crippen LogP contribution in [-0.4, -0.2) is 54.1 Å². The van der Waals surface area contributed by atoms with Crippen molar-refractivity contribution in [3.8, 4) is 5.69 Å². The van der Waals surface area contributed by atoms with Crippen LogP contribution in [0.1, 0.15) is 21.5 Å². The first-order valence-corrected chi connectivity index (χ1v) is 11.0. The summed E-state index contributed by atoms with van der Waals surface area (Å²) in [7, 11) is 1.28. The smallest absolute Gasteiger partial charge is 0.340 e. The minimum Gasteiger partial charge on any atom is -0.465 e. The maximum absolute atomic E-state index is 13.0. The molecular formula is C24H25ClN4O4. The van der Waals surface area contributed by atoms with Gasteiger partial charge in [0, 0.05) is 26.2 Å². The van der Waals surface area contributed by atoms with Gasteiger partial charge in [-0.05, 0) is 23.3 Å². The fraction of sp³-hybridized carbons (Fsp3) is 0.292. The number of nitrogens with one attached hydrogen (secondary N) is 1. The van der Waals surface area contributed by atoms with Crippen LogP contribution in [0.3, 0.4) is 0 Å². The summed E-state index contributed by atoms with van der Waals surface area (Å²) < 4.78 is 11.3. The summed E-state index contributed by atoms with van der Waals surface area (Å²) in [5, 5.41) is 7.47. The Kier molecular flexibility index (Phi) is 7.39. The van der Waals surface area contributed by atoms with Gasteiger partial charge in [-0.15, -0.1) is 0 Å². The van der Waals surface area contributed by atoms with Crippen LogP contribution in [0.2, 0.25) is 5.02 Å². The number of para-hydroxylation sites is 1. The first-order chi connectivity index (χ1) is 16.1. The lowest BCUT2D eigenvalue weighted by molar-refractivity contribution is 0.0341. The highest BCUT2D eigenvalue weighted by molar-refractivity contribution is 6.32. The van der Waals surface area contributed by atoms with E-state index in [2.05, 4.69) is 27.4 Å². The zero-order chi connectivity index (χ0) is 23.2. The van der Waals surface area contributed by atoms with Crippen molar-refractivity contribution in [2.45, 2.75) is 13.1 Å². The van der Waals surface area contributed by atoms with Crippen LogP contribution in [0.5, 0.6) is 0 Å². The second-order valence-corrected chi connectivity index (χ2v) is 7.99. The maximum atomic E-state index is 13.0. The minimum absolute atomic E-state index is 0.00432. The topological polar surface area (TPSA) is 85.7 Å². The summed E-state index contributed by atoms with van der Waals surface area (Å²) in [6, 6.07) is 14.8. The Balaban J connectivity index is 1.54. The number of benzene rings is 2. The van der Waals surface area contributed by atoms with Gasteiger partial charge in [-0.2, -0.15) is 9.78 Å². The Morgan fingerprint density at radius 2 is 1.82 bits per heavy atom. The highest BCUT2D eigenvalue weighted by atomic mass is 35.5. The van der Waals surface area contributed by atoms with Crippen LogP contribution in [0.15, 0.2) is 59.5 Å². The second-order valence-electron chi connectivity index (χ2n) is 7.61. The monoisotopic (exact) mass is 468 g/mol. The van der Waals surface area contributed by atoms with E-state index < -0.39 is 11.5 Å². The molecule has 0 bridgehead atoms. The number of nitrogens with zero attached hydrogens (tertiary/aromatic N) is 3. The largest absolute Gasteiger partial charge is 0.465 e. The summed E-state index contributed by atoms with van der Waals surface area (Å²) >= 11 is 6.40. The van der Waals surface area contributed by atoms with Crippen LogP contribution in [-0.2, 0) is 22.6 Å². The molecule has 1 saturated heterocycles. The average Bonchev–Trinajstić information content (AvgIpc) is 2.86. The van der Waals surface area contributed by atoms with E-state index in [-0.39, 0.29) is 10.6 Å². The van der Waals surface area contributed by atoms with Crippen molar-refractivity contribution in [3.63, 3.8) is 0 Å². The van der Waals surface area contributed by atoms with Crippen molar-refractivity contribution in [2.75, 3.05) is 38.7 Å². The van der Waals surface area contributed by atoms with E-state index >= 15 is 0 Å². The average molecular weight is 469 g/mol. The number of esters is 1. The van der Waals surface area contributed by atoms with E-state index in [1.807, 2.05) is 12.1 Å². The SMILES string of the molecule is COC(=O)c1ccccc1-n1ncc(NCc2ccccc2CN2CCOCC2)c(Cl)c1=O. The Morgan fingerprint density at radius 3 is 2.58 bits per heavy atom. The molecule has 0 unspecified atom stereocenters. The van der Waals surface area contributed by atoms with Crippen molar-refractivity contribution >= 4 is 23.3 Å². The molecule has 172 valence electrons. The third kappa shape index (κ3) is 5.24. The van der Waals surface area contributed by atoms with Gasteiger partial charge < -0.3 is 14.8 Å². The molecule has 0 radical (unpaired) electrons. The number of aromatic nitrogens is 2. The molecule has 33 heavy (non-hydrogen) atoms. The molecule has 8 nitrogen and oxygen atoms in total. The van der Waals surface area contributed by atoms with Crippen molar-refractivity contribution < 1.29 is 14.3 Å². The molecule has 1 aliphatic rings. The van der Waals surface area contributed by atoms with Crippen molar-refractivity contribution in [1.82, 2.24) is 14.7 Å². The molecule has 1 aliphatic heterocycles. The van der Waals surface area contributed by atoms with Crippen molar-refractivity contribution in [3.05, 3.63) is 86.8 Å². The highest BCUT2D eigenvalue weighted by Crippen LogP contribution is 2.21. The van der Waals surface area contributed by atoms with Crippen LogP contribution in [0, 0.1) is 0 Å². The molecule has 2 aromatic carbocycles. The van der Waals surface area contributed by atoms with Gasteiger partial charge in [-0.1, -0.05) is 48.0 Å². The first-order valence-electron chi connectivity index (χ1n) is 10.6. The molecule has 0 saturated carbocycles. The van der Waals surface area contributed by atoms with E-state index in [1.54, 1.807) is 24.3 Å². The number of anilines is 1. The zero-order valence-corrected chi connectivity index (χ0v) is 19.0. The molecule has 4 rings (SSSR count). The summed E-state index contributed by atoms with van der Waals surface area (Å²) in [4.78, 5) is 27.4. The predicted octanol–water partition coefficient (Wildman–Crippen LogP) is 3.12. The summed E-state index contributed by atoms with van der Waals surface area (Å²) in [5.41, 5.74) is 2.74. The van der Waals surface area contributed by atoms with E-state index in [4.69, 9.17) is 21.1 Å². The van der Waals surface area contributed by atoms with Gasteiger partial charge in [0.25, 0.3) is 5.56 Å². The van der Waals surface area contributed by atoms with Gasteiger partial charge in [-0.3, -0.25) is 9.69 Å². The summed E-state index contributed by atoms with van der Waals surface area (Å²) in [6.07, 6.45) is 1.49. The summed E-state index contributed by atoms with van der Waals surface area (Å²) in [5.74, 6) is -0.561. The number of carbonyl (C=O) groups is 1. The Bertz CT molecular complexity index is 1190. The third-order valence-electron chi connectivity index (χ3n) is 5.54. The van der Waals surface area contributed by atoms with Crippen LogP contribution in [0.25, 0.3) is 5.69 Å². The second kappa shape index (κ2) is 10.6. The van der Waals surface area contributed by atoms with Gasteiger partial charge in [-0.25, -0.2) is 4.79 Å². The van der Waals surface area contributed by atoms with E-state index in [9.17, 15) is 9.59 Å². The van der Waals surface area contributed by atoms with Crippen LogP contribution < -0.4 is 10.9 Å². The molecule has 3 aromatic rings. The number of methoxy groups -OCH3 is 1. The minimum atomic E-state index is -0.561. The number of carbonyl (C=O) groups excluding carboxylic acids is 1. The lowest BCUT2D eigenvalue weighted by atomic mass is 10.1. The van der Waals surface area contributed by atoms with Crippen LogP contribution >= 0.6 is 11.6 Å². The number of hydrogen-bond donors (Lipinski definition) is 1. The molecule has 0 spiro atoms. The van der Waals surface area contributed by atoms with Gasteiger partial charge >= 0.3 is 5.97 Å². The number of rotatable bonds is 7. The highest BCUT2D eigenvalue weighted by Gasteiger charge is 2.18. The molecular weight excluding hydrogens is 444 g/mol. The molecule has 1 aromatic heterocycles. The number of ether oxygens (including phenoxy) is 2. The van der Waals surface area contributed by atoms with E-state index in [0.717, 1.165) is 43.1 Å². The number of hydrogen-bond acceptors (Lipinski definition) is 7. The first kappa shape index (κ1) is 23.0. The van der Waals surface area contributed by atoms with Crippen LogP contribution in [0.4, 0.5) is 5.69 Å². The van der Waals surface area contributed by atoms with E-state index in [1.165, 1.54) is 18.9 Å². The van der Waals surface area contributed by atoms with E-state index in [0.29, 0.717) is 17.9 Å². The Morgan fingerprint density at radius 1 is 1.12 bits per heavy atom. The predicted molar refractivity (Wildman–Crippen MR) is 126 cm³/mol. The fourth-order valence-corrected chi connectivity index (χ4v) is 3.94. The molecule has 1 N–H and O–H groups in total. The summed E-state index contributed by atoms with van der Waals surface area (Å²) in [6.45, 7) is 4.63. The Labute approximate surface area is 196 Å². The third-order valence-corrected chi connectivity index (χ3v) is 5.91. The molecule has 2 heterocycles. The molecule has 9 heteroatoms. The molecule has 0 aliphatic carbocycles. The maximum Gasteiger partial charge on any atom is 0.340 e. The van der Waals surface area contributed by atoms with Crippen molar-refractivity contribution in [2.24, 2.45) is 0 Å². The Hall–Kier alpha value is -3.20. The zero-order valence-electron chi connectivity index (χ0n) is 18.3. The molecule has 0 atom stereocenters. The van der Waals surface area contributed by atoms with Crippen molar-refractivity contribution in [1.29, 1.82) is 0 Å². The standard InChI is InChI=1S/C24H25ClN4O4/c1-32-24(31)19-8-4-5-9-21(19)29-23(30)22(25)20(15-27-29)26-14-17-6-2-3-7-18(17)16-28-10-12-33-13-11-28/h2-9,15,26H,10-14,16H2,1H3. The van der Waals surface area contributed by atoms with Gasteiger partial charge in [0.2, 0.25) is 0 Å². The van der Waals surface area contributed by atoms with Gasteiger partial charge in [0.15, 0.2) is 0 Å². The van der Waals surface area contributed by atoms with Gasteiger partial charge in [0.05, 0.1) is 43.5 Å². The molecule has 1 fully saturated rings. The fourth-order valence-electron chi connectivity index (χ4n) is 3.74. The number of morpholine rings is 1. The van der Waals surface area contributed by atoms with Gasteiger partial charge in [0.1, 0.15) is 5.02 Å². The number of halogens is 1. The lowest BCUT2D eigenvalue weighted by Crippen LogP contribution is -2.35. The lowest BCUT2D eigenvalue weighted by Gasteiger charge is -2.27. The normalized spacial score (nSPS) is 14.1. The quantitative estimate of drug-likeness (QED) is 0.533.